The molecule has 2 aliphatic heterocycles. The molecular formula is C20H26ClN3O3. The summed E-state index contributed by atoms with van der Waals surface area (Å²) in [7, 11) is 0. The van der Waals surface area contributed by atoms with Gasteiger partial charge < -0.3 is 5.32 Å². The van der Waals surface area contributed by atoms with Gasteiger partial charge in [-0.25, -0.2) is 0 Å². The molecule has 0 atom stereocenters. The molecule has 6 nitrogen and oxygen atoms in total. The molecule has 0 spiro atoms. The van der Waals surface area contributed by atoms with Gasteiger partial charge in [-0.15, -0.1) is 12.4 Å². The number of nitrogens with one attached hydrogen (secondary N) is 3. The van der Waals surface area contributed by atoms with E-state index in [1.54, 1.807) is 12.1 Å². The Hall–Kier alpha value is -2.18. The number of hydrogen-bond acceptors (Lipinski definition) is 4. The maximum Gasteiger partial charge on any atom is 0.259 e. The fraction of sp³-hybridized carbons (Fsp3) is 0.450. The number of imide groups is 1. The third-order valence-corrected chi connectivity index (χ3v) is 4.82. The maximum atomic E-state index is 12.9. The van der Waals surface area contributed by atoms with Crippen LogP contribution in [0.3, 0.4) is 0 Å². The van der Waals surface area contributed by atoms with E-state index in [0.29, 0.717) is 34.4 Å². The molecule has 0 saturated heterocycles. The van der Waals surface area contributed by atoms with Gasteiger partial charge in [0.05, 0.1) is 11.1 Å². The zero-order chi connectivity index (χ0) is 19.3. The smallest absolute Gasteiger partial charge is 0.259 e. The predicted octanol–water partition coefficient (Wildman–Crippen LogP) is 2.97. The maximum absolute atomic E-state index is 12.9. The first-order chi connectivity index (χ1) is 12.1. The zero-order valence-electron chi connectivity index (χ0n) is 16.3. The van der Waals surface area contributed by atoms with Crippen LogP contribution in [0.1, 0.15) is 67.3 Å². The first-order valence-electron chi connectivity index (χ1n) is 8.91. The minimum Gasteiger partial charge on any atom is -0.322 e. The highest BCUT2D eigenvalue weighted by atomic mass is 35.5. The van der Waals surface area contributed by atoms with Crippen molar-refractivity contribution >= 4 is 35.8 Å². The lowest BCUT2D eigenvalue weighted by Gasteiger charge is -2.27. The summed E-state index contributed by atoms with van der Waals surface area (Å²) in [5.41, 5.74) is 1.99. The number of anilines is 1. The summed E-state index contributed by atoms with van der Waals surface area (Å²) in [6, 6.07) is 3.31. The molecule has 3 N–H and O–H groups in total. The molecule has 1 aromatic carbocycles. The molecule has 0 aromatic heterocycles. The second kappa shape index (κ2) is 7.09. The van der Waals surface area contributed by atoms with Crippen molar-refractivity contribution in [3.05, 3.63) is 40.5 Å². The number of fused-ring (bicyclic) bond motifs is 1. The summed E-state index contributed by atoms with van der Waals surface area (Å²) in [6.45, 7) is 9.96. The van der Waals surface area contributed by atoms with Gasteiger partial charge in [0.1, 0.15) is 0 Å². The molecular weight excluding hydrogens is 366 g/mol. The van der Waals surface area contributed by atoms with Crippen molar-refractivity contribution < 1.29 is 14.4 Å². The van der Waals surface area contributed by atoms with Gasteiger partial charge in [0.2, 0.25) is 0 Å². The summed E-state index contributed by atoms with van der Waals surface area (Å²) in [5.74, 6) is -0.978. The number of amides is 3. The first-order valence-corrected chi connectivity index (χ1v) is 8.91. The molecule has 1 aromatic rings. The van der Waals surface area contributed by atoms with Crippen LogP contribution in [0.15, 0.2) is 23.8 Å². The lowest BCUT2D eigenvalue weighted by atomic mass is 9.94. The lowest BCUT2D eigenvalue weighted by Crippen LogP contribution is -2.47. The van der Waals surface area contributed by atoms with Crippen LogP contribution in [-0.4, -0.2) is 28.8 Å². The minimum absolute atomic E-state index is 0. The molecule has 0 unspecified atom stereocenters. The molecule has 0 bridgehead atoms. The zero-order valence-corrected chi connectivity index (χ0v) is 17.1. The Kier molecular flexibility index (Phi) is 5.55. The average molecular weight is 392 g/mol. The van der Waals surface area contributed by atoms with Crippen molar-refractivity contribution in [3.63, 3.8) is 0 Å². The van der Waals surface area contributed by atoms with Gasteiger partial charge in [0, 0.05) is 22.3 Å². The van der Waals surface area contributed by atoms with Gasteiger partial charge >= 0.3 is 0 Å². The van der Waals surface area contributed by atoms with E-state index in [2.05, 4.69) is 16.0 Å². The van der Waals surface area contributed by atoms with Crippen LogP contribution in [-0.2, 0) is 11.2 Å². The van der Waals surface area contributed by atoms with Crippen molar-refractivity contribution in [2.45, 2.75) is 58.5 Å². The van der Waals surface area contributed by atoms with E-state index in [1.165, 1.54) is 0 Å². The van der Waals surface area contributed by atoms with Crippen LogP contribution < -0.4 is 16.0 Å². The molecule has 0 saturated carbocycles. The van der Waals surface area contributed by atoms with Gasteiger partial charge in [-0.1, -0.05) is 19.4 Å². The van der Waals surface area contributed by atoms with E-state index in [0.717, 1.165) is 6.42 Å². The molecule has 7 heteroatoms. The number of carbonyl (C=O) groups excluding carboxylic acids is 3. The molecule has 3 amide bonds. The Bertz CT molecular complexity index is 856. The van der Waals surface area contributed by atoms with E-state index in [-0.39, 0.29) is 29.8 Å². The first kappa shape index (κ1) is 21.1. The standard InChI is InChI=1S/C20H25N3O3.ClH/c1-6-7-11-14(9-8-12-15(11)18(26)22-16(12)24)21-17(25)13-10-19(2,3)23-20(13,4)5;/h8-10,23H,6-7H2,1-5H3,(H,21,25)(H,22,24,26);1H. The second-order valence-electron chi connectivity index (χ2n) is 8.03. The van der Waals surface area contributed by atoms with Crippen LogP contribution in [0.2, 0.25) is 0 Å². The van der Waals surface area contributed by atoms with Gasteiger partial charge in [-0.05, 0) is 51.8 Å². The Balaban J connectivity index is 0.00000261. The summed E-state index contributed by atoms with van der Waals surface area (Å²) in [6.07, 6.45) is 3.33. The molecule has 0 fully saturated rings. The highest BCUT2D eigenvalue weighted by Gasteiger charge is 2.40. The number of halogens is 1. The fourth-order valence-electron chi connectivity index (χ4n) is 3.95. The normalized spacial score (nSPS) is 19.1. The van der Waals surface area contributed by atoms with E-state index in [4.69, 9.17) is 0 Å². The van der Waals surface area contributed by atoms with Gasteiger partial charge in [-0.3, -0.25) is 25.0 Å². The molecule has 0 radical (unpaired) electrons. The van der Waals surface area contributed by atoms with Gasteiger partial charge in [0.15, 0.2) is 0 Å². The van der Waals surface area contributed by atoms with Gasteiger partial charge in [0.25, 0.3) is 17.7 Å². The predicted molar refractivity (Wildman–Crippen MR) is 107 cm³/mol. The number of hydrogen-bond donors (Lipinski definition) is 3. The van der Waals surface area contributed by atoms with Crippen molar-refractivity contribution in [1.82, 2.24) is 10.6 Å². The minimum atomic E-state index is -0.456. The van der Waals surface area contributed by atoms with Crippen molar-refractivity contribution in [3.8, 4) is 0 Å². The molecule has 0 aliphatic carbocycles. The van der Waals surface area contributed by atoms with Crippen LogP contribution in [0.4, 0.5) is 5.69 Å². The number of rotatable bonds is 4. The van der Waals surface area contributed by atoms with Gasteiger partial charge in [-0.2, -0.15) is 0 Å². The fourth-order valence-corrected chi connectivity index (χ4v) is 3.95. The monoisotopic (exact) mass is 391 g/mol. The molecule has 3 rings (SSSR count). The Morgan fingerprint density at radius 2 is 1.78 bits per heavy atom. The summed E-state index contributed by atoms with van der Waals surface area (Å²) < 4.78 is 0. The number of carbonyl (C=O) groups is 3. The molecule has 146 valence electrons. The molecule has 2 aliphatic rings. The van der Waals surface area contributed by atoms with E-state index >= 15 is 0 Å². The molecule has 27 heavy (non-hydrogen) atoms. The second-order valence-corrected chi connectivity index (χ2v) is 8.03. The quantitative estimate of drug-likeness (QED) is 0.688. The summed E-state index contributed by atoms with van der Waals surface area (Å²) >= 11 is 0. The highest BCUT2D eigenvalue weighted by Crippen LogP contribution is 2.32. The summed E-state index contributed by atoms with van der Waals surface area (Å²) in [4.78, 5) is 37.0. The topological polar surface area (TPSA) is 87.3 Å². The van der Waals surface area contributed by atoms with E-state index < -0.39 is 11.4 Å². The van der Waals surface area contributed by atoms with Crippen molar-refractivity contribution in [1.29, 1.82) is 0 Å². The summed E-state index contributed by atoms with van der Waals surface area (Å²) in [5, 5.41) is 8.70. The van der Waals surface area contributed by atoms with E-state index in [1.807, 2.05) is 40.7 Å². The molecule has 2 heterocycles. The largest absolute Gasteiger partial charge is 0.322 e. The van der Waals surface area contributed by atoms with E-state index in [9.17, 15) is 14.4 Å². The Morgan fingerprint density at radius 3 is 2.33 bits per heavy atom. The third-order valence-electron chi connectivity index (χ3n) is 4.82. The van der Waals surface area contributed by atoms with Crippen LogP contribution in [0.5, 0.6) is 0 Å². The third kappa shape index (κ3) is 3.77. The average Bonchev–Trinajstić information content (AvgIpc) is 2.93. The van der Waals surface area contributed by atoms with Crippen molar-refractivity contribution in [2.75, 3.05) is 5.32 Å². The SMILES string of the molecule is CCCc1c(NC(=O)C2=CC(C)(C)NC2(C)C)ccc2c1C(=O)NC2=O.Cl. The van der Waals surface area contributed by atoms with Crippen LogP contribution in [0, 0.1) is 0 Å². The van der Waals surface area contributed by atoms with Crippen molar-refractivity contribution in [2.24, 2.45) is 0 Å². The van der Waals surface area contributed by atoms with Crippen LogP contribution >= 0.6 is 12.4 Å². The number of benzene rings is 1. The Labute approximate surface area is 165 Å². The highest BCUT2D eigenvalue weighted by molar-refractivity contribution is 6.23. The van der Waals surface area contributed by atoms with Crippen LogP contribution in [0.25, 0.3) is 0 Å². The Morgan fingerprint density at radius 1 is 1.11 bits per heavy atom. The lowest BCUT2D eigenvalue weighted by molar-refractivity contribution is -0.113.